The summed E-state index contributed by atoms with van der Waals surface area (Å²) in [7, 11) is -0.685. The summed E-state index contributed by atoms with van der Waals surface area (Å²) in [5.74, 6) is -0.246. The second-order valence-corrected chi connectivity index (χ2v) is 9.85. The minimum Gasteiger partial charge on any atom is -0.496 e. The van der Waals surface area contributed by atoms with Gasteiger partial charge in [0.15, 0.2) is 0 Å². The number of carbonyl (C=O) groups is 2. The number of nitrogens with one attached hydrogen (secondary N) is 1. The molecule has 8 nitrogen and oxygen atoms in total. The lowest BCUT2D eigenvalue weighted by Crippen LogP contribution is -2.35. The molecule has 1 fully saturated rings. The van der Waals surface area contributed by atoms with Crippen molar-refractivity contribution in [2.24, 2.45) is 0 Å². The highest BCUT2D eigenvalue weighted by Gasteiger charge is 2.25. The molecule has 0 aromatic heterocycles. The summed E-state index contributed by atoms with van der Waals surface area (Å²) >= 11 is 0. The molecule has 0 radical (unpaired) electrons. The molecule has 1 aliphatic rings. The Bertz CT molecular complexity index is 1080. The van der Waals surface area contributed by atoms with Gasteiger partial charge in [-0.3, -0.25) is 4.79 Å². The molecule has 1 saturated heterocycles. The lowest BCUT2D eigenvalue weighted by molar-refractivity contribution is -0.121. The molecule has 0 atom stereocenters. The highest BCUT2D eigenvalue weighted by atomic mass is 32.2. The average molecular weight is 475 g/mol. The number of rotatable bonds is 9. The molecule has 0 unspecified atom stereocenters. The average Bonchev–Trinajstić information content (AvgIpc) is 2.86. The molecule has 178 valence electrons. The van der Waals surface area contributed by atoms with Gasteiger partial charge in [-0.25, -0.2) is 13.2 Å². The quantitative estimate of drug-likeness (QED) is 0.561. The summed E-state index contributed by atoms with van der Waals surface area (Å²) in [5.41, 5.74) is 1.93. The Balaban J connectivity index is 1.52. The lowest BCUT2D eigenvalue weighted by Gasteiger charge is -2.25. The molecule has 1 heterocycles. The maximum absolute atomic E-state index is 12.7. The maximum Gasteiger partial charge on any atom is 0.341 e. The van der Waals surface area contributed by atoms with E-state index in [1.807, 2.05) is 0 Å². The molecule has 3 rings (SSSR count). The van der Waals surface area contributed by atoms with E-state index in [0.717, 1.165) is 30.4 Å². The van der Waals surface area contributed by atoms with Crippen LogP contribution in [0.25, 0.3) is 0 Å². The van der Waals surface area contributed by atoms with Crippen LogP contribution >= 0.6 is 0 Å². The van der Waals surface area contributed by atoms with Crippen molar-refractivity contribution in [3.63, 3.8) is 0 Å². The third-order valence-corrected chi connectivity index (χ3v) is 7.59. The summed E-state index contributed by atoms with van der Waals surface area (Å²) in [4.78, 5) is 24.5. The van der Waals surface area contributed by atoms with Gasteiger partial charge in [-0.15, -0.1) is 0 Å². The first-order valence-corrected chi connectivity index (χ1v) is 12.4. The van der Waals surface area contributed by atoms with Crippen molar-refractivity contribution in [1.29, 1.82) is 0 Å². The molecule has 1 amide bonds. The second-order valence-electron chi connectivity index (χ2n) is 7.91. The van der Waals surface area contributed by atoms with Crippen molar-refractivity contribution in [2.75, 3.05) is 27.3 Å². The number of sulfonamides is 1. The zero-order chi connectivity index (χ0) is 23.8. The molecule has 33 heavy (non-hydrogen) atoms. The SMILES string of the molecule is COC(=O)c1cc(CNC(=O)CCc2ccc(S(=O)(=O)N3CCCCC3)cc2)ccc1OC. The van der Waals surface area contributed by atoms with Gasteiger partial charge in [0.25, 0.3) is 0 Å². The molecule has 1 N–H and O–H groups in total. The summed E-state index contributed by atoms with van der Waals surface area (Å²) in [5, 5.41) is 2.84. The summed E-state index contributed by atoms with van der Waals surface area (Å²) in [6.07, 6.45) is 3.61. The first-order chi connectivity index (χ1) is 15.8. The van der Waals surface area contributed by atoms with Crippen LogP contribution in [0.4, 0.5) is 0 Å². The number of methoxy groups -OCH3 is 2. The predicted octanol–water partition coefficient (Wildman–Crippen LogP) is 2.91. The maximum atomic E-state index is 12.7. The van der Waals surface area contributed by atoms with Crippen LogP contribution in [-0.4, -0.2) is 51.9 Å². The largest absolute Gasteiger partial charge is 0.496 e. The Labute approximate surface area is 194 Å². The number of ether oxygens (including phenoxy) is 2. The van der Waals surface area contributed by atoms with Crippen LogP contribution in [0.2, 0.25) is 0 Å². The van der Waals surface area contributed by atoms with Gasteiger partial charge in [-0.2, -0.15) is 4.31 Å². The second kappa shape index (κ2) is 11.3. The molecule has 0 spiro atoms. The van der Waals surface area contributed by atoms with Crippen molar-refractivity contribution in [2.45, 2.75) is 43.5 Å². The Kier molecular flexibility index (Phi) is 8.46. The number of hydrogen-bond donors (Lipinski definition) is 1. The fourth-order valence-corrected chi connectivity index (χ4v) is 5.28. The molecule has 0 bridgehead atoms. The number of nitrogens with zero attached hydrogens (tertiary/aromatic N) is 1. The van der Waals surface area contributed by atoms with E-state index >= 15 is 0 Å². The molecule has 0 aliphatic carbocycles. The van der Waals surface area contributed by atoms with Gasteiger partial charge in [0.2, 0.25) is 15.9 Å². The van der Waals surface area contributed by atoms with Crippen LogP contribution in [0.1, 0.15) is 47.2 Å². The van der Waals surface area contributed by atoms with Crippen molar-refractivity contribution in [1.82, 2.24) is 9.62 Å². The summed E-state index contributed by atoms with van der Waals surface area (Å²) < 4.78 is 37.0. The van der Waals surface area contributed by atoms with Crippen LogP contribution in [0.15, 0.2) is 47.4 Å². The first-order valence-electron chi connectivity index (χ1n) is 11.0. The minimum atomic E-state index is -3.45. The molecule has 2 aromatic carbocycles. The highest BCUT2D eigenvalue weighted by Crippen LogP contribution is 2.22. The number of aryl methyl sites for hydroxylation is 1. The fraction of sp³-hybridized carbons (Fsp3) is 0.417. The van der Waals surface area contributed by atoms with Crippen molar-refractivity contribution in [3.8, 4) is 5.75 Å². The van der Waals surface area contributed by atoms with E-state index in [4.69, 9.17) is 9.47 Å². The standard InChI is InChI=1S/C24H30N2O6S/c1-31-22-12-8-19(16-21(22)24(28)32-2)17-25-23(27)13-9-18-6-10-20(11-7-18)33(29,30)26-14-4-3-5-15-26/h6-8,10-12,16H,3-5,9,13-15,17H2,1-2H3,(H,25,27). The zero-order valence-corrected chi connectivity index (χ0v) is 19.8. The van der Waals surface area contributed by atoms with Crippen LogP contribution in [-0.2, 0) is 32.5 Å². The van der Waals surface area contributed by atoms with Crippen molar-refractivity contribution in [3.05, 3.63) is 59.2 Å². The Morgan fingerprint density at radius 2 is 1.64 bits per heavy atom. The first kappa shape index (κ1) is 24.7. The Hall–Kier alpha value is -2.91. The van der Waals surface area contributed by atoms with Crippen molar-refractivity contribution >= 4 is 21.9 Å². The number of amides is 1. The van der Waals surface area contributed by atoms with E-state index < -0.39 is 16.0 Å². The van der Waals surface area contributed by atoms with E-state index in [1.54, 1.807) is 46.8 Å². The van der Waals surface area contributed by atoms with E-state index in [0.29, 0.717) is 35.7 Å². The van der Waals surface area contributed by atoms with Gasteiger partial charge in [0, 0.05) is 26.1 Å². The minimum absolute atomic E-state index is 0.143. The van der Waals surface area contributed by atoms with Crippen LogP contribution in [0, 0.1) is 0 Å². The fourth-order valence-electron chi connectivity index (χ4n) is 3.76. The van der Waals surface area contributed by atoms with Crippen molar-refractivity contribution < 1.29 is 27.5 Å². The van der Waals surface area contributed by atoms with Crippen LogP contribution in [0.3, 0.4) is 0 Å². The van der Waals surface area contributed by atoms with Gasteiger partial charge >= 0.3 is 5.97 Å². The van der Waals surface area contributed by atoms with Gasteiger partial charge in [0.1, 0.15) is 11.3 Å². The van der Waals surface area contributed by atoms with Gasteiger partial charge < -0.3 is 14.8 Å². The van der Waals surface area contributed by atoms with E-state index in [1.165, 1.54) is 14.2 Å². The van der Waals surface area contributed by atoms with E-state index in [2.05, 4.69) is 5.32 Å². The lowest BCUT2D eigenvalue weighted by atomic mass is 10.1. The monoisotopic (exact) mass is 474 g/mol. The number of piperidine rings is 1. The number of hydrogen-bond acceptors (Lipinski definition) is 6. The Morgan fingerprint density at radius 1 is 0.970 bits per heavy atom. The van der Waals surface area contributed by atoms with Gasteiger partial charge in [-0.05, 0) is 54.7 Å². The molecular weight excluding hydrogens is 444 g/mol. The smallest absolute Gasteiger partial charge is 0.341 e. The topological polar surface area (TPSA) is 102 Å². The zero-order valence-electron chi connectivity index (χ0n) is 19.0. The number of carbonyl (C=O) groups excluding carboxylic acids is 2. The van der Waals surface area contributed by atoms with E-state index in [9.17, 15) is 18.0 Å². The molecule has 2 aromatic rings. The Morgan fingerprint density at radius 3 is 2.27 bits per heavy atom. The van der Waals surface area contributed by atoms with Crippen LogP contribution < -0.4 is 10.1 Å². The summed E-state index contributed by atoms with van der Waals surface area (Å²) in [6, 6.07) is 11.8. The van der Waals surface area contributed by atoms with Gasteiger partial charge in [0.05, 0.1) is 19.1 Å². The summed E-state index contributed by atoms with van der Waals surface area (Å²) in [6.45, 7) is 1.40. The third kappa shape index (κ3) is 6.33. The van der Waals surface area contributed by atoms with E-state index in [-0.39, 0.29) is 18.9 Å². The molecule has 0 saturated carbocycles. The van der Waals surface area contributed by atoms with Crippen LogP contribution in [0.5, 0.6) is 5.75 Å². The number of benzene rings is 2. The normalized spacial score (nSPS) is 14.5. The third-order valence-electron chi connectivity index (χ3n) is 5.68. The number of esters is 1. The highest BCUT2D eigenvalue weighted by molar-refractivity contribution is 7.89. The molecule has 9 heteroatoms. The van der Waals surface area contributed by atoms with Gasteiger partial charge in [-0.1, -0.05) is 24.6 Å². The molecule has 1 aliphatic heterocycles. The molecular formula is C24H30N2O6S. The predicted molar refractivity (Wildman–Crippen MR) is 124 cm³/mol.